The highest BCUT2D eigenvalue weighted by Gasteiger charge is 2.35. The van der Waals surface area contributed by atoms with E-state index in [2.05, 4.69) is 16.2 Å². The fourth-order valence-corrected chi connectivity index (χ4v) is 2.98. The first-order valence-corrected chi connectivity index (χ1v) is 9.28. The summed E-state index contributed by atoms with van der Waals surface area (Å²) in [6.45, 7) is 0. The second-order valence-electron chi connectivity index (χ2n) is 5.54. The minimum atomic E-state index is -4.72. The molecule has 0 aliphatic rings. The molecule has 0 atom stereocenters. The summed E-state index contributed by atoms with van der Waals surface area (Å²) in [5.41, 5.74) is 1.26. The summed E-state index contributed by atoms with van der Waals surface area (Å²) in [7, 11) is -3.42. The zero-order chi connectivity index (χ0) is 18.9. The SMILES string of the molecule is CS(=O)(=O)c1ccc(-c2nc(C(F)(F)F)n[c]c2-c2ccccc2)cc1. The van der Waals surface area contributed by atoms with Crippen LogP contribution in [-0.2, 0) is 16.0 Å². The van der Waals surface area contributed by atoms with Gasteiger partial charge < -0.3 is 0 Å². The van der Waals surface area contributed by atoms with Crippen LogP contribution >= 0.6 is 0 Å². The molecule has 0 aliphatic carbocycles. The third kappa shape index (κ3) is 3.75. The third-order valence-corrected chi connectivity index (χ3v) is 4.73. The number of nitrogens with zero attached hydrogens (tertiary/aromatic N) is 2. The second kappa shape index (κ2) is 6.53. The largest absolute Gasteiger partial charge is 0.451 e. The lowest BCUT2D eigenvalue weighted by atomic mass is 10.0. The molecule has 0 saturated heterocycles. The van der Waals surface area contributed by atoms with Gasteiger partial charge in [-0.25, -0.2) is 18.4 Å². The van der Waals surface area contributed by atoms with Gasteiger partial charge in [0.15, 0.2) is 9.84 Å². The van der Waals surface area contributed by atoms with Crippen LogP contribution in [0.15, 0.2) is 59.5 Å². The van der Waals surface area contributed by atoms with E-state index in [1.165, 1.54) is 24.3 Å². The molecular weight excluding hydrogens is 365 g/mol. The van der Waals surface area contributed by atoms with Crippen LogP contribution in [0.4, 0.5) is 13.2 Å². The minimum Gasteiger partial charge on any atom is -0.224 e. The molecule has 0 fully saturated rings. The zero-order valence-corrected chi connectivity index (χ0v) is 14.3. The molecule has 0 unspecified atom stereocenters. The summed E-state index contributed by atoms with van der Waals surface area (Å²) < 4.78 is 62.2. The normalized spacial score (nSPS) is 12.2. The van der Waals surface area contributed by atoms with Gasteiger partial charge in [-0.3, -0.25) is 0 Å². The molecule has 0 spiro atoms. The number of hydrogen-bond acceptors (Lipinski definition) is 4. The summed E-state index contributed by atoms with van der Waals surface area (Å²) in [5.74, 6) is -1.31. The summed E-state index contributed by atoms with van der Waals surface area (Å²) >= 11 is 0. The Labute approximate surface area is 148 Å². The van der Waals surface area contributed by atoms with Crippen molar-refractivity contribution in [3.8, 4) is 22.4 Å². The Morgan fingerprint density at radius 3 is 2.08 bits per heavy atom. The molecule has 0 aliphatic heterocycles. The van der Waals surface area contributed by atoms with Crippen molar-refractivity contribution in [2.75, 3.05) is 6.26 Å². The molecule has 4 nitrogen and oxygen atoms in total. The van der Waals surface area contributed by atoms with Gasteiger partial charge in [0.25, 0.3) is 0 Å². The number of sulfone groups is 1. The van der Waals surface area contributed by atoms with Crippen LogP contribution in [0.2, 0.25) is 0 Å². The topological polar surface area (TPSA) is 59.9 Å². The lowest BCUT2D eigenvalue weighted by molar-refractivity contribution is -0.144. The Morgan fingerprint density at radius 1 is 0.923 bits per heavy atom. The van der Waals surface area contributed by atoms with Crippen molar-refractivity contribution in [3.63, 3.8) is 0 Å². The number of alkyl halides is 3. The molecule has 0 N–H and O–H groups in total. The van der Waals surface area contributed by atoms with Crippen LogP contribution in [0.3, 0.4) is 0 Å². The predicted octanol–water partition coefficient (Wildman–Crippen LogP) is 4.03. The van der Waals surface area contributed by atoms with E-state index in [1.807, 2.05) is 0 Å². The summed E-state index contributed by atoms with van der Waals surface area (Å²) in [6.07, 6.45) is -1.24. The van der Waals surface area contributed by atoms with Crippen molar-refractivity contribution in [2.24, 2.45) is 0 Å². The molecule has 0 amide bonds. The van der Waals surface area contributed by atoms with Gasteiger partial charge in [0.05, 0.1) is 10.6 Å². The van der Waals surface area contributed by atoms with E-state index >= 15 is 0 Å². The maximum atomic E-state index is 13.0. The van der Waals surface area contributed by atoms with Gasteiger partial charge in [-0.2, -0.15) is 13.2 Å². The molecule has 133 valence electrons. The van der Waals surface area contributed by atoms with Crippen molar-refractivity contribution in [3.05, 3.63) is 66.6 Å². The van der Waals surface area contributed by atoms with E-state index in [9.17, 15) is 21.6 Å². The molecular formula is C18H12F3N2O2S. The van der Waals surface area contributed by atoms with Crippen molar-refractivity contribution in [1.29, 1.82) is 0 Å². The Bertz CT molecular complexity index is 1030. The maximum absolute atomic E-state index is 13.0. The average Bonchev–Trinajstić information content (AvgIpc) is 2.60. The highest BCUT2D eigenvalue weighted by molar-refractivity contribution is 7.90. The van der Waals surface area contributed by atoms with Crippen LogP contribution in [0.1, 0.15) is 5.82 Å². The summed E-state index contributed by atoms with van der Waals surface area (Å²) in [5, 5.41) is 0. The van der Waals surface area contributed by atoms with E-state index in [-0.39, 0.29) is 10.6 Å². The van der Waals surface area contributed by atoms with Crippen molar-refractivity contribution in [1.82, 2.24) is 9.97 Å². The van der Waals surface area contributed by atoms with Crippen molar-refractivity contribution >= 4 is 9.84 Å². The van der Waals surface area contributed by atoms with Gasteiger partial charge in [0.2, 0.25) is 5.82 Å². The smallest absolute Gasteiger partial charge is 0.224 e. The second-order valence-corrected chi connectivity index (χ2v) is 7.56. The molecule has 3 rings (SSSR count). The zero-order valence-electron chi connectivity index (χ0n) is 13.4. The highest BCUT2D eigenvalue weighted by Crippen LogP contribution is 2.33. The van der Waals surface area contributed by atoms with Crippen LogP contribution in [0.25, 0.3) is 22.4 Å². The summed E-state index contributed by atoms with van der Waals surface area (Å²) in [6, 6.07) is 14.1. The number of aromatic nitrogens is 2. The van der Waals surface area contributed by atoms with Gasteiger partial charge >= 0.3 is 6.18 Å². The minimum absolute atomic E-state index is 0.0265. The first kappa shape index (κ1) is 18.1. The Kier molecular flexibility index (Phi) is 4.53. The quantitative estimate of drug-likeness (QED) is 0.691. The standard InChI is InChI=1S/C18H12F3N2O2S/c1-26(24,25)14-9-7-13(8-10-14)16-15(12-5-3-2-4-6-12)11-22-17(23-16)18(19,20)21/h2-10H,1H3. The molecule has 1 heterocycles. The Morgan fingerprint density at radius 2 is 1.54 bits per heavy atom. The van der Waals surface area contributed by atoms with Gasteiger partial charge in [-0.05, 0) is 17.7 Å². The van der Waals surface area contributed by atoms with Crippen LogP contribution in [0, 0.1) is 6.20 Å². The number of hydrogen-bond donors (Lipinski definition) is 0. The first-order chi connectivity index (χ1) is 12.2. The number of rotatable bonds is 3. The molecule has 1 aromatic heterocycles. The first-order valence-electron chi connectivity index (χ1n) is 7.39. The molecule has 2 aromatic carbocycles. The lowest BCUT2D eigenvalue weighted by Gasteiger charge is -2.12. The van der Waals surface area contributed by atoms with Crippen LogP contribution in [-0.4, -0.2) is 24.6 Å². The third-order valence-electron chi connectivity index (χ3n) is 3.60. The van der Waals surface area contributed by atoms with Gasteiger partial charge in [-0.1, -0.05) is 42.5 Å². The van der Waals surface area contributed by atoms with Gasteiger partial charge in [0.1, 0.15) is 6.20 Å². The summed E-state index contributed by atoms with van der Waals surface area (Å²) in [4.78, 5) is 7.04. The van der Waals surface area contributed by atoms with E-state index in [0.717, 1.165) is 6.26 Å². The number of benzene rings is 2. The monoisotopic (exact) mass is 377 g/mol. The highest BCUT2D eigenvalue weighted by atomic mass is 32.2. The average molecular weight is 377 g/mol. The Hall–Kier alpha value is -2.74. The Balaban J connectivity index is 2.20. The lowest BCUT2D eigenvalue weighted by Crippen LogP contribution is -2.12. The number of halogens is 3. The van der Waals surface area contributed by atoms with Gasteiger partial charge in [-0.15, -0.1) is 0 Å². The molecule has 26 heavy (non-hydrogen) atoms. The van der Waals surface area contributed by atoms with E-state index in [1.54, 1.807) is 30.3 Å². The van der Waals surface area contributed by atoms with Crippen molar-refractivity contribution < 1.29 is 21.6 Å². The van der Waals surface area contributed by atoms with E-state index < -0.39 is 21.8 Å². The fourth-order valence-electron chi connectivity index (χ4n) is 2.35. The van der Waals surface area contributed by atoms with E-state index in [4.69, 9.17) is 0 Å². The van der Waals surface area contributed by atoms with Gasteiger partial charge in [0, 0.05) is 17.4 Å². The molecule has 8 heteroatoms. The fraction of sp³-hybridized carbons (Fsp3) is 0.111. The van der Waals surface area contributed by atoms with Crippen LogP contribution < -0.4 is 0 Å². The van der Waals surface area contributed by atoms with Crippen molar-refractivity contribution in [2.45, 2.75) is 11.1 Å². The molecule has 0 saturated carbocycles. The molecule has 0 bridgehead atoms. The van der Waals surface area contributed by atoms with Crippen LogP contribution in [0.5, 0.6) is 0 Å². The predicted molar refractivity (Wildman–Crippen MR) is 89.9 cm³/mol. The maximum Gasteiger partial charge on any atom is 0.451 e. The molecule has 3 aromatic rings. The van der Waals surface area contributed by atoms with E-state index in [0.29, 0.717) is 16.7 Å². The molecule has 1 radical (unpaired) electrons.